The summed E-state index contributed by atoms with van der Waals surface area (Å²) in [5.41, 5.74) is 2.93. The van der Waals surface area contributed by atoms with Crippen molar-refractivity contribution in [1.82, 2.24) is 10.2 Å². The molecule has 0 radical (unpaired) electrons. The van der Waals surface area contributed by atoms with Gasteiger partial charge in [-0.2, -0.15) is 0 Å². The average Bonchev–Trinajstić information content (AvgIpc) is 2.86. The minimum absolute atomic E-state index is 0.165. The summed E-state index contributed by atoms with van der Waals surface area (Å²) in [5.74, 6) is 0.188. The molecule has 0 aliphatic carbocycles. The second-order valence-corrected chi connectivity index (χ2v) is 10.1. The lowest BCUT2D eigenvalue weighted by molar-refractivity contribution is -0.142. The van der Waals surface area contributed by atoms with Gasteiger partial charge in [-0.15, -0.1) is 0 Å². The van der Waals surface area contributed by atoms with Crippen LogP contribution in [-0.2, 0) is 22.6 Å². The van der Waals surface area contributed by atoms with Crippen LogP contribution >= 0.6 is 31.9 Å². The van der Waals surface area contributed by atoms with Crippen molar-refractivity contribution in [2.75, 3.05) is 13.2 Å². The fourth-order valence-corrected chi connectivity index (χ4v) is 4.38. The summed E-state index contributed by atoms with van der Waals surface area (Å²) in [7, 11) is 0. The predicted octanol–water partition coefficient (Wildman–Crippen LogP) is 6.07. The zero-order chi connectivity index (χ0) is 25.2. The molecular weight excluding hydrogens is 572 g/mol. The molecule has 0 heterocycles. The number of amides is 2. The van der Waals surface area contributed by atoms with Gasteiger partial charge in [0.15, 0.2) is 6.61 Å². The molecule has 0 aliphatic rings. The minimum Gasteiger partial charge on any atom is -0.484 e. The van der Waals surface area contributed by atoms with Crippen LogP contribution in [0.4, 0.5) is 0 Å². The number of carbonyl (C=O) groups is 2. The van der Waals surface area contributed by atoms with E-state index in [1.807, 2.05) is 86.6 Å². The van der Waals surface area contributed by atoms with Gasteiger partial charge in [0, 0.05) is 28.5 Å². The maximum absolute atomic E-state index is 13.6. The molecule has 5 nitrogen and oxygen atoms in total. The molecule has 1 atom stereocenters. The molecule has 3 rings (SSSR count). The molecule has 0 unspecified atom stereocenters. The number of carbonyl (C=O) groups excluding carboxylic acids is 2. The van der Waals surface area contributed by atoms with Crippen LogP contribution in [0.2, 0.25) is 0 Å². The van der Waals surface area contributed by atoms with Crippen LogP contribution in [-0.4, -0.2) is 35.9 Å². The van der Waals surface area contributed by atoms with E-state index in [1.54, 1.807) is 4.90 Å². The van der Waals surface area contributed by atoms with E-state index >= 15 is 0 Å². The predicted molar refractivity (Wildman–Crippen MR) is 146 cm³/mol. The maximum atomic E-state index is 13.6. The summed E-state index contributed by atoms with van der Waals surface area (Å²) in [4.78, 5) is 28.5. The smallest absolute Gasteiger partial charge is 0.261 e. The summed E-state index contributed by atoms with van der Waals surface area (Å²) in [6, 6.07) is 22.5. The van der Waals surface area contributed by atoms with Crippen LogP contribution in [0.1, 0.15) is 30.0 Å². The van der Waals surface area contributed by atoms with Crippen molar-refractivity contribution in [2.24, 2.45) is 0 Å². The van der Waals surface area contributed by atoms with Gasteiger partial charge < -0.3 is 15.0 Å². The number of ether oxygens (including phenoxy) is 1. The van der Waals surface area contributed by atoms with Gasteiger partial charge >= 0.3 is 0 Å². The van der Waals surface area contributed by atoms with Crippen LogP contribution in [0, 0.1) is 6.92 Å². The van der Waals surface area contributed by atoms with Gasteiger partial charge in [-0.05, 0) is 60.4 Å². The Morgan fingerprint density at radius 3 is 2.40 bits per heavy atom. The van der Waals surface area contributed by atoms with Crippen molar-refractivity contribution in [3.63, 3.8) is 0 Å². The molecule has 0 saturated heterocycles. The van der Waals surface area contributed by atoms with Crippen molar-refractivity contribution < 1.29 is 14.3 Å². The van der Waals surface area contributed by atoms with Crippen molar-refractivity contribution in [1.29, 1.82) is 0 Å². The summed E-state index contributed by atoms with van der Waals surface area (Å²) in [6.07, 6.45) is 1.23. The lowest BCUT2D eigenvalue weighted by atomic mass is 10.0. The molecule has 3 aromatic carbocycles. The summed E-state index contributed by atoms with van der Waals surface area (Å²) in [5, 5.41) is 2.98. The number of nitrogens with one attached hydrogen (secondary N) is 1. The van der Waals surface area contributed by atoms with E-state index in [0.29, 0.717) is 18.7 Å². The fourth-order valence-electron chi connectivity index (χ4n) is 3.69. The first kappa shape index (κ1) is 27.0. The molecule has 35 heavy (non-hydrogen) atoms. The highest BCUT2D eigenvalue weighted by Crippen LogP contribution is 2.22. The highest BCUT2D eigenvalue weighted by Gasteiger charge is 2.30. The van der Waals surface area contributed by atoms with Crippen LogP contribution in [0.3, 0.4) is 0 Å². The highest BCUT2D eigenvalue weighted by atomic mass is 79.9. The molecule has 2 amide bonds. The molecule has 0 bridgehead atoms. The SMILES string of the molecule is CCCNC(=O)[C@@H](Cc1ccccc1)N(Cc1cccc(Br)c1)C(=O)COc1ccc(Br)c(C)c1. The molecule has 0 spiro atoms. The second-order valence-electron chi connectivity index (χ2n) is 8.35. The maximum Gasteiger partial charge on any atom is 0.261 e. The van der Waals surface area contributed by atoms with Crippen molar-refractivity contribution >= 4 is 43.7 Å². The lowest BCUT2D eigenvalue weighted by Gasteiger charge is -2.31. The molecule has 0 fully saturated rings. The van der Waals surface area contributed by atoms with E-state index in [-0.39, 0.29) is 25.0 Å². The number of benzene rings is 3. The Kier molecular flexibility index (Phi) is 10.4. The van der Waals surface area contributed by atoms with E-state index in [1.165, 1.54) is 0 Å². The van der Waals surface area contributed by atoms with Gasteiger partial charge in [-0.1, -0.05) is 81.2 Å². The van der Waals surface area contributed by atoms with E-state index in [4.69, 9.17) is 4.74 Å². The van der Waals surface area contributed by atoms with Gasteiger partial charge in [0.05, 0.1) is 0 Å². The quantitative estimate of drug-likeness (QED) is 0.290. The van der Waals surface area contributed by atoms with Crippen molar-refractivity contribution in [2.45, 2.75) is 39.3 Å². The molecule has 7 heteroatoms. The molecular formula is C28H30Br2N2O3. The molecule has 184 valence electrons. The van der Waals surface area contributed by atoms with E-state index in [9.17, 15) is 9.59 Å². The number of hydrogen-bond donors (Lipinski definition) is 1. The van der Waals surface area contributed by atoms with Crippen molar-refractivity contribution in [3.8, 4) is 5.75 Å². The number of rotatable bonds is 11. The van der Waals surface area contributed by atoms with Crippen molar-refractivity contribution in [3.05, 3.63) is 98.4 Å². The van der Waals surface area contributed by atoms with Crippen LogP contribution in [0.25, 0.3) is 0 Å². The summed E-state index contributed by atoms with van der Waals surface area (Å²) in [6.45, 7) is 4.65. The normalized spacial score (nSPS) is 11.5. The van der Waals surface area contributed by atoms with Crippen LogP contribution < -0.4 is 10.1 Å². The third-order valence-corrected chi connectivity index (χ3v) is 6.94. The summed E-state index contributed by atoms with van der Waals surface area (Å²) >= 11 is 6.99. The first-order valence-corrected chi connectivity index (χ1v) is 13.2. The summed E-state index contributed by atoms with van der Waals surface area (Å²) < 4.78 is 7.75. The second kappa shape index (κ2) is 13.4. The Bertz CT molecular complexity index is 1140. The largest absolute Gasteiger partial charge is 0.484 e. The molecule has 0 aliphatic heterocycles. The van der Waals surface area contributed by atoms with E-state index in [0.717, 1.165) is 32.1 Å². The Morgan fingerprint density at radius 1 is 0.971 bits per heavy atom. The molecule has 0 aromatic heterocycles. The number of hydrogen-bond acceptors (Lipinski definition) is 3. The van der Waals surface area contributed by atoms with Gasteiger partial charge in [-0.3, -0.25) is 9.59 Å². The monoisotopic (exact) mass is 600 g/mol. The molecule has 3 aromatic rings. The average molecular weight is 602 g/mol. The Morgan fingerprint density at radius 2 is 1.71 bits per heavy atom. The topological polar surface area (TPSA) is 58.6 Å². The van der Waals surface area contributed by atoms with Crippen LogP contribution in [0.15, 0.2) is 81.7 Å². The third-order valence-electron chi connectivity index (χ3n) is 5.55. The Balaban J connectivity index is 1.89. The van der Waals surface area contributed by atoms with Gasteiger partial charge in [0.1, 0.15) is 11.8 Å². The Labute approximate surface area is 224 Å². The van der Waals surface area contributed by atoms with E-state index in [2.05, 4.69) is 37.2 Å². The minimum atomic E-state index is -0.675. The standard InChI is InChI=1S/C28H30Br2N2O3/c1-3-14-31-28(34)26(17-21-8-5-4-6-9-21)32(18-22-10-7-11-23(29)16-22)27(33)19-35-24-12-13-25(30)20(2)15-24/h4-13,15-16,26H,3,14,17-19H2,1-2H3,(H,31,34)/t26-/m1/s1. The first-order valence-electron chi connectivity index (χ1n) is 11.6. The third kappa shape index (κ3) is 8.22. The first-order chi connectivity index (χ1) is 16.9. The molecule has 1 N–H and O–H groups in total. The van der Waals surface area contributed by atoms with Gasteiger partial charge in [0.25, 0.3) is 5.91 Å². The number of halogens is 2. The zero-order valence-corrected chi connectivity index (χ0v) is 23.1. The molecule has 0 saturated carbocycles. The zero-order valence-electron chi connectivity index (χ0n) is 20.0. The van der Waals surface area contributed by atoms with Gasteiger partial charge in [0.2, 0.25) is 5.91 Å². The highest BCUT2D eigenvalue weighted by molar-refractivity contribution is 9.10. The van der Waals surface area contributed by atoms with E-state index < -0.39 is 6.04 Å². The fraction of sp³-hybridized carbons (Fsp3) is 0.286. The van der Waals surface area contributed by atoms with Crippen LogP contribution in [0.5, 0.6) is 5.75 Å². The number of aryl methyl sites for hydroxylation is 1. The van der Waals surface area contributed by atoms with Gasteiger partial charge in [-0.25, -0.2) is 0 Å². The Hall–Kier alpha value is -2.64. The lowest BCUT2D eigenvalue weighted by Crippen LogP contribution is -2.51. The number of nitrogens with zero attached hydrogens (tertiary/aromatic N) is 1.